The molecule has 2 N–H and O–H groups in total. The highest BCUT2D eigenvalue weighted by molar-refractivity contribution is 5.24. The molecular weight excluding hydrogens is 210 g/mol. The number of nitrogens with two attached hydrogens (primary N) is 1. The van der Waals surface area contributed by atoms with Crippen LogP contribution in [0.15, 0.2) is 12.4 Å². The Morgan fingerprint density at radius 3 is 2.69 bits per heavy atom. The molecule has 0 aromatic carbocycles. The molecule has 90 valence electrons. The van der Waals surface area contributed by atoms with Crippen LogP contribution in [0.25, 0.3) is 0 Å². The Morgan fingerprint density at radius 2 is 2.00 bits per heavy atom. The minimum Gasteiger partial charge on any atom is -0.474 e. The van der Waals surface area contributed by atoms with E-state index in [9.17, 15) is 0 Å². The first-order chi connectivity index (χ1) is 7.83. The van der Waals surface area contributed by atoms with Gasteiger partial charge in [0.25, 0.3) is 0 Å². The van der Waals surface area contributed by atoms with Crippen molar-refractivity contribution in [2.24, 2.45) is 0 Å². The van der Waals surface area contributed by atoms with E-state index < -0.39 is 0 Å². The van der Waals surface area contributed by atoms with Crippen LogP contribution in [0.1, 0.15) is 6.42 Å². The summed E-state index contributed by atoms with van der Waals surface area (Å²) in [5.41, 5.74) is 5.38. The lowest BCUT2D eigenvalue weighted by molar-refractivity contribution is 0.0795. The predicted molar refractivity (Wildman–Crippen MR) is 59.3 cm³/mol. The van der Waals surface area contributed by atoms with Crippen molar-refractivity contribution >= 4 is 5.82 Å². The molecule has 0 aliphatic rings. The molecule has 0 amide bonds. The number of anilines is 1. The summed E-state index contributed by atoms with van der Waals surface area (Å²) < 4.78 is 15.5. The summed E-state index contributed by atoms with van der Waals surface area (Å²) in [7, 11) is 1.67. The number of nitrogens with zero attached hydrogens (tertiary/aromatic N) is 2. The zero-order valence-electron chi connectivity index (χ0n) is 9.39. The van der Waals surface area contributed by atoms with Gasteiger partial charge >= 0.3 is 0 Å². The van der Waals surface area contributed by atoms with Crippen molar-refractivity contribution in [2.45, 2.75) is 6.42 Å². The minimum absolute atomic E-state index is 0.378. The molecule has 6 nitrogen and oxygen atoms in total. The van der Waals surface area contributed by atoms with E-state index >= 15 is 0 Å². The highest BCUT2D eigenvalue weighted by Gasteiger charge is 1.95. The Kier molecular flexibility index (Phi) is 6.20. The van der Waals surface area contributed by atoms with Crippen LogP contribution in [0.5, 0.6) is 5.88 Å². The average Bonchev–Trinajstić information content (AvgIpc) is 2.30. The van der Waals surface area contributed by atoms with Gasteiger partial charge in [-0.2, -0.15) is 0 Å². The van der Waals surface area contributed by atoms with Gasteiger partial charge < -0.3 is 19.9 Å². The van der Waals surface area contributed by atoms with Crippen LogP contribution in [0.3, 0.4) is 0 Å². The van der Waals surface area contributed by atoms with Gasteiger partial charge in [0, 0.05) is 20.3 Å². The molecule has 16 heavy (non-hydrogen) atoms. The lowest BCUT2D eigenvalue weighted by atomic mass is 10.5. The second-order valence-electron chi connectivity index (χ2n) is 3.09. The Labute approximate surface area is 94.7 Å². The van der Waals surface area contributed by atoms with E-state index in [2.05, 4.69) is 9.97 Å². The van der Waals surface area contributed by atoms with Crippen molar-refractivity contribution < 1.29 is 14.2 Å². The van der Waals surface area contributed by atoms with Gasteiger partial charge in [-0.15, -0.1) is 0 Å². The molecule has 6 heteroatoms. The van der Waals surface area contributed by atoms with Gasteiger partial charge in [0.2, 0.25) is 5.88 Å². The van der Waals surface area contributed by atoms with Crippen molar-refractivity contribution in [3.05, 3.63) is 12.4 Å². The van der Waals surface area contributed by atoms with E-state index in [-0.39, 0.29) is 0 Å². The van der Waals surface area contributed by atoms with E-state index in [0.29, 0.717) is 38.1 Å². The predicted octanol–water partition coefficient (Wildman–Crippen LogP) is 0.491. The zero-order chi connectivity index (χ0) is 11.6. The minimum atomic E-state index is 0.378. The molecule has 0 fully saturated rings. The monoisotopic (exact) mass is 227 g/mol. The molecule has 0 radical (unpaired) electrons. The van der Waals surface area contributed by atoms with Gasteiger partial charge in [-0.3, -0.25) is 0 Å². The van der Waals surface area contributed by atoms with Gasteiger partial charge in [-0.1, -0.05) is 0 Å². The number of rotatable bonds is 8. The van der Waals surface area contributed by atoms with Crippen molar-refractivity contribution in [1.82, 2.24) is 9.97 Å². The van der Waals surface area contributed by atoms with Crippen LogP contribution >= 0.6 is 0 Å². The summed E-state index contributed by atoms with van der Waals surface area (Å²) in [5.74, 6) is 0.831. The first-order valence-corrected chi connectivity index (χ1v) is 5.10. The largest absolute Gasteiger partial charge is 0.474 e. The molecule has 0 atom stereocenters. The smallest absolute Gasteiger partial charge is 0.232 e. The van der Waals surface area contributed by atoms with E-state index in [1.54, 1.807) is 7.11 Å². The van der Waals surface area contributed by atoms with Crippen molar-refractivity contribution in [3.8, 4) is 5.88 Å². The van der Waals surface area contributed by atoms with Crippen molar-refractivity contribution in [2.75, 3.05) is 39.3 Å². The number of hydrogen-bond donors (Lipinski definition) is 1. The molecule has 0 aliphatic carbocycles. The fraction of sp³-hybridized carbons (Fsp3) is 0.600. The third-order valence-corrected chi connectivity index (χ3v) is 1.76. The lowest BCUT2D eigenvalue weighted by Gasteiger charge is -2.05. The summed E-state index contributed by atoms with van der Waals surface area (Å²) in [4.78, 5) is 7.79. The Morgan fingerprint density at radius 1 is 1.12 bits per heavy atom. The van der Waals surface area contributed by atoms with Gasteiger partial charge in [-0.25, -0.2) is 9.97 Å². The van der Waals surface area contributed by atoms with Crippen molar-refractivity contribution in [3.63, 3.8) is 0 Å². The maximum absolute atomic E-state index is 5.38. The second kappa shape index (κ2) is 7.84. The van der Waals surface area contributed by atoms with Crippen LogP contribution < -0.4 is 10.5 Å². The number of methoxy groups -OCH3 is 1. The molecule has 1 aromatic heterocycles. The third kappa shape index (κ3) is 5.47. The highest BCUT2D eigenvalue weighted by atomic mass is 16.5. The quantitative estimate of drug-likeness (QED) is 0.651. The van der Waals surface area contributed by atoms with E-state index in [4.69, 9.17) is 19.9 Å². The molecule has 1 heterocycles. The van der Waals surface area contributed by atoms with Crippen LogP contribution in [0.4, 0.5) is 5.82 Å². The Bertz CT molecular complexity index is 279. The normalized spacial score (nSPS) is 10.3. The fourth-order valence-electron chi connectivity index (χ4n) is 1.01. The van der Waals surface area contributed by atoms with Crippen LogP contribution in [-0.2, 0) is 9.47 Å². The molecule has 0 saturated heterocycles. The van der Waals surface area contributed by atoms with Gasteiger partial charge in [-0.05, 0) is 6.42 Å². The van der Waals surface area contributed by atoms with Crippen LogP contribution in [0, 0.1) is 0 Å². The summed E-state index contributed by atoms with van der Waals surface area (Å²) >= 11 is 0. The second-order valence-corrected chi connectivity index (χ2v) is 3.09. The zero-order valence-corrected chi connectivity index (χ0v) is 9.39. The van der Waals surface area contributed by atoms with Crippen molar-refractivity contribution in [1.29, 1.82) is 0 Å². The van der Waals surface area contributed by atoms with Gasteiger partial charge in [0.1, 0.15) is 12.4 Å². The van der Waals surface area contributed by atoms with Crippen LogP contribution in [-0.4, -0.2) is 43.5 Å². The molecular formula is C10H17N3O3. The summed E-state index contributed by atoms with van der Waals surface area (Å²) in [6.45, 7) is 2.36. The van der Waals surface area contributed by atoms with E-state index in [0.717, 1.165) is 6.42 Å². The molecule has 0 bridgehead atoms. The SMILES string of the molecule is COCCCOCCOc1cnc(N)cn1. The van der Waals surface area contributed by atoms with Gasteiger partial charge in [0.05, 0.1) is 19.0 Å². The average molecular weight is 227 g/mol. The van der Waals surface area contributed by atoms with E-state index in [1.807, 2.05) is 0 Å². The third-order valence-electron chi connectivity index (χ3n) is 1.76. The highest BCUT2D eigenvalue weighted by Crippen LogP contribution is 2.03. The summed E-state index contributed by atoms with van der Waals surface area (Å²) in [5, 5.41) is 0. The summed E-state index contributed by atoms with van der Waals surface area (Å²) in [6, 6.07) is 0. The molecule has 0 unspecified atom stereocenters. The molecule has 1 rings (SSSR count). The number of aromatic nitrogens is 2. The summed E-state index contributed by atoms with van der Waals surface area (Å²) in [6.07, 6.45) is 3.83. The topological polar surface area (TPSA) is 79.5 Å². The standard InChI is InChI=1S/C10H17N3O3/c1-14-3-2-4-15-5-6-16-10-8-12-9(11)7-13-10/h7-8H,2-6H2,1H3,(H2,11,12). The molecule has 0 spiro atoms. The van der Waals surface area contributed by atoms with Crippen LogP contribution in [0.2, 0.25) is 0 Å². The Balaban J connectivity index is 2.01. The first kappa shape index (κ1) is 12.7. The number of ether oxygens (including phenoxy) is 3. The first-order valence-electron chi connectivity index (χ1n) is 5.10. The number of nitrogen functional groups attached to an aromatic ring is 1. The molecule has 0 aliphatic heterocycles. The maximum Gasteiger partial charge on any atom is 0.232 e. The molecule has 1 aromatic rings. The van der Waals surface area contributed by atoms with Gasteiger partial charge in [0.15, 0.2) is 0 Å². The fourth-order valence-corrected chi connectivity index (χ4v) is 1.01. The number of hydrogen-bond acceptors (Lipinski definition) is 6. The Hall–Kier alpha value is -1.40. The molecule has 0 saturated carbocycles. The van der Waals surface area contributed by atoms with E-state index in [1.165, 1.54) is 12.4 Å². The lowest BCUT2D eigenvalue weighted by Crippen LogP contribution is -2.09. The maximum atomic E-state index is 5.38.